The SMILES string of the molecule is CCOc1ccc(C(=O)CNCc2ccccc2)cc1N. The Balaban J connectivity index is 1.90. The fourth-order valence-corrected chi connectivity index (χ4v) is 2.03. The summed E-state index contributed by atoms with van der Waals surface area (Å²) in [5.41, 5.74) is 8.10. The summed E-state index contributed by atoms with van der Waals surface area (Å²) in [6.07, 6.45) is 0. The van der Waals surface area contributed by atoms with E-state index in [9.17, 15) is 4.79 Å². The third-order valence-corrected chi connectivity index (χ3v) is 3.09. The number of ether oxygens (including phenoxy) is 1. The van der Waals surface area contributed by atoms with Crippen molar-refractivity contribution < 1.29 is 9.53 Å². The zero-order valence-corrected chi connectivity index (χ0v) is 12.1. The molecule has 21 heavy (non-hydrogen) atoms. The highest BCUT2D eigenvalue weighted by Crippen LogP contribution is 2.22. The summed E-state index contributed by atoms with van der Waals surface area (Å²) in [4.78, 5) is 12.1. The third-order valence-electron chi connectivity index (χ3n) is 3.09. The molecule has 3 N–H and O–H groups in total. The summed E-state index contributed by atoms with van der Waals surface area (Å²) in [7, 11) is 0. The minimum absolute atomic E-state index is 0.0145. The van der Waals surface area contributed by atoms with Gasteiger partial charge in [0.05, 0.1) is 18.8 Å². The van der Waals surface area contributed by atoms with Crippen molar-refractivity contribution in [3.8, 4) is 5.75 Å². The number of hydrogen-bond donors (Lipinski definition) is 2. The Morgan fingerprint density at radius 2 is 1.95 bits per heavy atom. The van der Waals surface area contributed by atoms with Gasteiger partial charge in [-0.25, -0.2) is 0 Å². The van der Waals surface area contributed by atoms with Gasteiger partial charge in [0.1, 0.15) is 5.75 Å². The lowest BCUT2D eigenvalue weighted by Crippen LogP contribution is -2.22. The number of carbonyl (C=O) groups excluding carboxylic acids is 1. The van der Waals surface area contributed by atoms with Crippen LogP contribution in [0, 0.1) is 0 Å². The number of carbonyl (C=O) groups is 1. The molecule has 0 bridgehead atoms. The minimum Gasteiger partial charge on any atom is -0.492 e. The first-order chi connectivity index (χ1) is 10.2. The van der Waals surface area contributed by atoms with Crippen LogP contribution in [0.4, 0.5) is 5.69 Å². The molecule has 0 aliphatic carbocycles. The maximum absolute atomic E-state index is 12.1. The van der Waals surface area contributed by atoms with Gasteiger partial charge in [0, 0.05) is 12.1 Å². The molecule has 0 atom stereocenters. The van der Waals surface area contributed by atoms with Crippen LogP contribution in [0.5, 0.6) is 5.75 Å². The molecule has 0 aromatic heterocycles. The number of nitrogen functional groups attached to an aromatic ring is 1. The predicted octanol–water partition coefficient (Wildman–Crippen LogP) is 2.64. The average molecular weight is 284 g/mol. The number of rotatable bonds is 7. The molecule has 110 valence electrons. The Hall–Kier alpha value is -2.33. The zero-order valence-electron chi connectivity index (χ0n) is 12.1. The van der Waals surface area contributed by atoms with Crippen LogP contribution in [0.3, 0.4) is 0 Å². The predicted molar refractivity (Wildman–Crippen MR) is 84.5 cm³/mol. The molecule has 0 unspecified atom stereocenters. The summed E-state index contributed by atoms with van der Waals surface area (Å²) < 4.78 is 5.36. The van der Waals surface area contributed by atoms with Gasteiger partial charge < -0.3 is 15.8 Å². The van der Waals surface area contributed by atoms with Crippen molar-refractivity contribution in [1.29, 1.82) is 0 Å². The first-order valence-corrected chi connectivity index (χ1v) is 7.01. The molecule has 0 amide bonds. The van der Waals surface area contributed by atoms with Crippen LogP contribution in [-0.2, 0) is 6.54 Å². The van der Waals surface area contributed by atoms with Gasteiger partial charge in [-0.1, -0.05) is 30.3 Å². The second-order valence-electron chi connectivity index (χ2n) is 4.70. The molecule has 0 saturated carbocycles. The fourth-order valence-electron chi connectivity index (χ4n) is 2.03. The van der Waals surface area contributed by atoms with E-state index in [-0.39, 0.29) is 12.3 Å². The molecule has 0 heterocycles. The highest BCUT2D eigenvalue weighted by Gasteiger charge is 2.08. The molecule has 4 nitrogen and oxygen atoms in total. The van der Waals surface area contributed by atoms with Crippen LogP contribution < -0.4 is 15.8 Å². The van der Waals surface area contributed by atoms with Gasteiger partial charge in [-0.15, -0.1) is 0 Å². The second-order valence-corrected chi connectivity index (χ2v) is 4.70. The van der Waals surface area contributed by atoms with E-state index in [1.54, 1.807) is 18.2 Å². The van der Waals surface area contributed by atoms with E-state index in [1.807, 2.05) is 37.3 Å². The highest BCUT2D eigenvalue weighted by molar-refractivity contribution is 5.98. The van der Waals surface area contributed by atoms with E-state index in [0.29, 0.717) is 30.2 Å². The molecular weight excluding hydrogens is 264 g/mol. The van der Waals surface area contributed by atoms with Crippen molar-refractivity contribution in [1.82, 2.24) is 5.32 Å². The van der Waals surface area contributed by atoms with Gasteiger partial charge in [0.15, 0.2) is 5.78 Å². The third kappa shape index (κ3) is 4.33. The largest absolute Gasteiger partial charge is 0.492 e. The monoisotopic (exact) mass is 284 g/mol. The lowest BCUT2D eigenvalue weighted by atomic mass is 10.1. The summed E-state index contributed by atoms with van der Waals surface area (Å²) in [6, 6.07) is 15.1. The Morgan fingerprint density at radius 1 is 1.19 bits per heavy atom. The number of ketones is 1. The quantitative estimate of drug-likeness (QED) is 0.606. The van der Waals surface area contributed by atoms with Crippen molar-refractivity contribution in [2.45, 2.75) is 13.5 Å². The van der Waals surface area contributed by atoms with E-state index in [1.165, 1.54) is 0 Å². The molecule has 0 radical (unpaired) electrons. The van der Waals surface area contributed by atoms with Crippen LogP contribution in [0.15, 0.2) is 48.5 Å². The van der Waals surface area contributed by atoms with Gasteiger partial charge in [0.25, 0.3) is 0 Å². The average Bonchev–Trinajstić information content (AvgIpc) is 2.50. The van der Waals surface area contributed by atoms with Crippen molar-refractivity contribution in [2.75, 3.05) is 18.9 Å². The Bertz CT molecular complexity index is 597. The highest BCUT2D eigenvalue weighted by atomic mass is 16.5. The Labute approximate surface area is 124 Å². The van der Waals surface area contributed by atoms with Crippen molar-refractivity contribution in [3.63, 3.8) is 0 Å². The number of Topliss-reactive ketones (excluding diaryl/α,β-unsaturated/α-hetero) is 1. The molecular formula is C17H20N2O2. The summed E-state index contributed by atoms with van der Waals surface area (Å²) in [5.74, 6) is 0.631. The van der Waals surface area contributed by atoms with Crippen LogP contribution >= 0.6 is 0 Å². The summed E-state index contributed by atoms with van der Waals surface area (Å²) in [6.45, 7) is 3.39. The molecule has 2 aromatic rings. The molecule has 0 aliphatic rings. The minimum atomic E-state index is 0.0145. The van der Waals surface area contributed by atoms with Crippen molar-refractivity contribution in [2.24, 2.45) is 0 Å². The first kappa shape index (κ1) is 15.1. The zero-order chi connectivity index (χ0) is 15.1. The topological polar surface area (TPSA) is 64.3 Å². The molecule has 0 aliphatic heterocycles. The van der Waals surface area contributed by atoms with E-state index in [2.05, 4.69) is 5.32 Å². The van der Waals surface area contributed by atoms with E-state index in [0.717, 1.165) is 5.56 Å². The lowest BCUT2D eigenvalue weighted by Gasteiger charge is -2.09. The van der Waals surface area contributed by atoms with Crippen LogP contribution in [-0.4, -0.2) is 18.9 Å². The maximum Gasteiger partial charge on any atom is 0.176 e. The number of hydrogen-bond acceptors (Lipinski definition) is 4. The number of benzene rings is 2. The van der Waals surface area contributed by atoms with E-state index < -0.39 is 0 Å². The standard InChI is InChI=1S/C17H20N2O2/c1-2-21-17-9-8-14(10-15(17)18)16(20)12-19-11-13-6-4-3-5-7-13/h3-10,19H,2,11-12,18H2,1H3. The summed E-state index contributed by atoms with van der Waals surface area (Å²) in [5, 5.41) is 3.14. The molecule has 0 spiro atoms. The van der Waals surface area contributed by atoms with Gasteiger partial charge >= 0.3 is 0 Å². The normalized spacial score (nSPS) is 10.3. The maximum atomic E-state index is 12.1. The second kappa shape index (κ2) is 7.45. The van der Waals surface area contributed by atoms with Crippen LogP contribution in [0.2, 0.25) is 0 Å². The van der Waals surface area contributed by atoms with Crippen LogP contribution in [0.25, 0.3) is 0 Å². The van der Waals surface area contributed by atoms with E-state index >= 15 is 0 Å². The number of nitrogens with two attached hydrogens (primary N) is 1. The van der Waals surface area contributed by atoms with E-state index in [4.69, 9.17) is 10.5 Å². The fraction of sp³-hybridized carbons (Fsp3) is 0.235. The van der Waals surface area contributed by atoms with Gasteiger partial charge in [-0.05, 0) is 30.7 Å². The molecule has 2 aromatic carbocycles. The molecule has 0 fully saturated rings. The first-order valence-electron chi connectivity index (χ1n) is 7.01. The Kier molecular flexibility index (Phi) is 5.35. The van der Waals surface area contributed by atoms with Crippen molar-refractivity contribution in [3.05, 3.63) is 59.7 Å². The Morgan fingerprint density at radius 3 is 2.62 bits per heavy atom. The van der Waals surface area contributed by atoms with Gasteiger partial charge in [-0.3, -0.25) is 4.79 Å². The number of nitrogens with one attached hydrogen (secondary N) is 1. The molecule has 0 saturated heterocycles. The van der Waals surface area contributed by atoms with Crippen molar-refractivity contribution >= 4 is 11.5 Å². The van der Waals surface area contributed by atoms with Crippen LogP contribution in [0.1, 0.15) is 22.8 Å². The van der Waals surface area contributed by atoms with Gasteiger partial charge in [-0.2, -0.15) is 0 Å². The molecule has 2 rings (SSSR count). The van der Waals surface area contributed by atoms with Gasteiger partial charge in [0.2, 0.25) is 0 Å². The molecule has 4 heteroatoms. The smallest absolute Gasteiger partial charge is 0.176 e. The number of anilines is 1. The summed E-state index contributed by atoms with van der Waals surface area (Å²) >= 11 is 0. The lowest BCUT2D eigenvalue weighted by molar-refractivity contribution is 0.0991.